The molecule has 0 saturated carbocycles. The zero-order chi connectivity index (χ0) is 17.0. The maximum absolute atomic E-state index is 12.9. The van der Waals surface area contributed by atoms with Gasteiger partial charge in [0.2, 0.25) is 11.6 Å². The second-order valence-corrected chi connectivity index (χ2v) is 8.36. The maximum Gasteiger partial charge on any atom is 0.346 e. The van der Waals surface area contributed by atoms with Crippen LogP contribution in [0.1, 0.15) is 25.8 Å². The summed E-state index contributed by atoms with van der Waals surface area (Å²) < 4.78 is -0.975. The van der Waals surface area contributed by atoms with E-state index in [0.717, 1.165) is 10.5 Å². The molecular weight excluding hydrogens is 316 g/mol. The van der Waals surface area contributed by atoms with Gasteiger partial charge >= 0.3 is 5.97 Å². The molecule has 2 aliphatic heterocycles. The molecule has 0 aliphatic carbocycles. The molecule has 2 unspecified atom stereocenters. The lowest BCUT2D eigenvalue weighted by molar-refractivity contribution is -0.176. The first-order chi connectivity index (χ1) is 10.6. The molecule has 3 rings (SSSR count). The highest BCUT2D eigenvalue weighted by atomic mass is 32.2. The molecule has 1 aromatic rings. The van der Waals surface area contributed by atoms with Crippen LogP contribution in [0.4, 0.5) is 0 Å². The van der Waals surface area contributed by atoms with Crippen LogP contribution in [-0.2, 0) is 20.8 Å². The summed E-state index contributed by atoms with van der Waals surface area (Å²) >= 11 is 1.18. The summed E-state index contributed by atoms with van der Waals surface area (Å²) in [5.41, 5.74) is 5.04. The SMILES string of the molecule is CC1(C)SC2(C(=O)Cc3ccccc3)CC(=O)N2C1(N)C(=O)O. The summed E-state index contributed by atoms with van der Waals surface area (Å²) in [4.78, 5) is 36.6. The topological polar surface area (TPSA) is 101 Å². The predicted octanol–water partition coefficient (Wildman–Crippen LogP) is 0.992. The predicted molar refractivity (Wildman–Crippen MR) is 85.6 cm³/mol. The molecule has 2 aliphatic rings. The third kappa shape index (κ3) is 1.96. The van der Waals surface area contributed by atoms with Crippen LogP contribution >= 0.6 is 11.8 Å². The van der Waals surface area contributed by atoms with Crippen molar-refractivity contribution in [2.45, 2.75) is 42.0 Å². The quantitative estimate of drug-likeness (QED) is 0.797. The Bertz CT molecular complexity index is 705. The van der Waals surface area contributed by atoms with E-state index in [9.17, 15) is 19.5 Å². The molecule has 1 aromatic carbocycles. The Labute approximate surface area is 138 Å². The first kappa shape index (κ1) is 16.0. The number of fused-ring (bicyclic) bond motifs is 1. The van der Waals surface area contributed by atoms with Crippen molar-refractivity contribution in [1.82, 2.24) is 4.90 Å². The van der Waals surface area contributed by atoms with E-state index in [0.29, 0.717) is 0 Å². The number of nitrogens with zero attached hydrogens (tertiary/aromatic N) is 1. The van der Waals surface area contributed by atoms with E-state index in [1.165, 1.54) is 11.8 Å². The summed E-state index contributed by atoms with van der Waals surface area (Å²) in [6.07, 6.45) is 0.141. The minimum absolute atomic E-state index is 0.000998. The fourth-order valence-corrected chi connectivity index (χ4v) is 5.26. The second kappa shape index (κ2) is 4.82. The number of benzene rings is 1. The van der Waals surface area contributed by atoms with Crippen LogP contribution in [0.3, 0.4) is 0 Å². The Morgan fingerprint density at radius 1 is 1.30 bits per heavy atom. The monoisotopic (exact) mass is 334 g/mol. The van der Waals surface area contributed by atoms with Gasteiger partial charge in [-0.2, -0.15) is 0 Å². The Hall–Kier alpha value is -1.86. The Morgan fingerprint density at radius 3 is 2.43 bits per heavy atom. The third-order valence-corrected chi connectivity index (χ3v) is 6.38. The normalized spacial score (nSPS) is 31.4. The molecule has 2 saturated heterocycles. The molecule has 2 fully saturated rings. The summed E-state index contributed by atoms with van der Waals surface area (Å²) in [5.74, 6) is -1.87. The molecular formula is C16H18N2O4S. The molecule has 3 N–H and O–H groups in total. The third-order valence-electron chi connectivity index (χ3n) is 4.67. The van der Waals surface area contributed by atoms with E-state index in [1.54, 1.807) is 13.8 Å². The zero-order valence-corrected chi connectivity index (χ0v) is 13.7. The Kier molecular flexibility index (Phi) is 3.35. The molecule has 2 heterocycles. The summed E-state index contributed by atoms with van der Waals surface area (Å²) in [5, 5.41) is 9.59. The Morgan fingerprint density at radius 2 is 1.91 bits per heavy atom. The number of aliphatic carboxylic acids is 1. The van der Waals surface area contributed by atoms with Crippen molar-refractivity contribution in [3.8, 4) is 0 Å². The number of amides is 1. The smallest absolute Gasteiger partial charge is 0.346 e. The molecule has 2 atom stereocenters. The minimum Gasteiger partial charge on any atom is -0.478 e. The van der Waals surface area contributed by atoms with Crippen LogP contribution in [0.5, 0.6) is 0 Å². The number of β-lactam (4-membered cyclic amide) rings is 1. The minimum atomic E-state index is -1.89. The van der Waals surface area contributed by atoms with Crippen molar-refractivity contribution in [3.05, 3.63) is 35.9 Å². The average molecular weight is 334 g/mol. The fraction of sp³-hybridized carbons (Fsp3) is 0.438. The van der Waals surface area contributed by atoms with E-state index >= 15 is 0 Å². The van der Waals surface area contributed by atoms with Crippen LogP contribution in [0, 0.1) is 0 Å². The van der Waals surface area contributed by atoms with Crippen LogP contribution in [0.15, 0.2) is 30.3 Å². The van der Waals surface area contributed by atoms with Gasteiger partial charge in [0.15, 0.2) is 10.7 Å². The number of carboxylic acids is 1. The lowest BCUT2D eigenvalue weighted by Crippen LogP contribution is -2.77. The highest BCUT2D eigenvalue weighted by Gasteiger charge is 2.76. The van der Waals surface area contributed by atoms with Gasteiger partial charge in [0.1, 0.15) is 0 Å². The number of thioether (sulfide) groups is 1. The number of nitrogens with two attached hydrogens (primary N) is 1. The largest absolute Gasteiger partial charge is 0.478 e. The highest BCUT2D eigenvalue weighted by Crippen LogP contribution is 2.62. The summed E-state index contributed by atoms with van der Waals surface area (Å²) in [6, 6.07) is 9.18. The van der Waals surface area contributed by atoms with E-state index in [1.807, 2.05) is 30.3 Å². The molecule has 0 radical (unpaired) electrons. The molecule has 7 heteroatoms. The first-order valence-corrected chi connectivity index (χ1v) is 8.10. The van der Waals surface area contributed by atoms with Gasteiger partial charge in [0.05, 0.1) is 11.2 Å². The van der Waals surface area contributed by atoms with Gasteiger partial charge in [0.25, 0.3) is 0 Å². The zero-order valence-electron chi connectivity index (χ0n) is 12.9. The number of hydrogen-bond donors (Lipinski definition) is 2. The van der Waals surface area contributed by atoms with Crippen molar-refractivity contribution < 1.29 is 19.5 Å². The molecule has 6 nitrogen and oxygen atoms in total. The van der Waals surface area contributed by atoms with Crippen molar-refractivity contribution in [2.24, 2.45) is 5.73 Å². The van der Waals surface area contributed by atoms with Crippen molar-refractivity contribution in [1.29, 1.82) is 0 Å². The van der Waals surface area contributed by atoms with Gasteiger partial charge in [-0.1, -0.05) is 30.3 Å². The lowest BCUT2D eigenvalue weighted by Gasteiger charge is -2.49. The molecule has 23 heavy (non-hydrogen) atoms. The number of carboxylic acid groups (broad SMARTS) is 1. The van der Waals surface area contributed by atoms with Crippen molar-refractivity contribution in [2.75, 3.05) is 0 Å². The van der Waals surface area contributed by atoms with Crippen molar-refractivity contribution in [3.63, 3.8) is 0 Å². The van der Waals surface area contributed by atoms with Gasteiger partial charge in [-0.15, -0.1) is 11.8 Å². The number of ketones is 1. The van der Waals surface area contributed by atoms with Crippen LogP contribution < -0.4 is 5.73 Å². The fourth-order valence-electron chi connectivity index (χ4n) is 3.36. The molecule has 1 amide bonds. The maximum atomic E-state index is 12.9. The first-order valence-electron chi connectivity index (χ1n) is 7.28. The van der Waals surface area contributed by atoms with Gasteiger partial charge in [-0.25, -0.2) is 4.79 Å². The number of carbonyl (C=O) groups excluding carboxylic acids is 2. The van der Waals surface area contributed by atoms with E-state index < -0.39 is 27.2 Å². The summed E-state index contributed by atoms with van der Waals surface area (Å²) in [6.45, 7) is 3.32. The van der Waals surface area contributed by atoms with Gasteiger partial charge < -0.3 is 5.11 Å². The van der Waals surface area contributed by atoms with E-state index in [4.69, 9.17) is 5.73 Å². The van der Waals surface area contributed by atoms with Crippen LogP contribution in [-0.4, -0.2) is 42.9 Å². The van der Waals surface area contributed by atoms with Gasteiger partial charge in [-0.3, -0.25) is 20.2 Å². The van der Waals surface area contributed by atoms with E-state index in [-0.39, 0.29) is 18.6 Å². The highest BCUT2D eigenvalue weighted by molar-refractivity contribution is 8.03. The van der Waals surface area contributed by atoms with Crippen molar-refractivity contribution >= 4 is 29.4 Å². The average Bonchev–Trinajstić information content (AvgIpc) is 2.61. The number of hydrogen-bond acceptors (Lipinski definition) is 5. The number of carbonyl (C=O) groups is 3. The number of Topliss-reactive ketones (excluding diaryl/α,β-unsaturated/α-hetero) is 1. The van der Waals surface area contributed by atoms with Crippen LogP contribution in [0.25, 0.3) is 0 Å². The standard InChI is InChI=1S/C16H18N2O4S/c1-14(2)16(17,13(21)22)18-12(20)9-15(18,23-14)11(19)8-10-6-4-3-5-7-10/h3-7H,8-9,17H2,1-2H3,(H,21,22). The van der Waals surface area contributed by atoms with Crippen LogP contribution in [0.2, 0.25) is 0 Å². The number of rotatable bonds is 4. The molecule has 0 bridgehead atoms. The lowest BCUT2D eigenvalue weighted by atomic mass is 9.84. The van der Waals surface area contributed by atoms with E-state index in [2.05, 4.69) is 0 Å². The second-order valence-electron chi connectivity index (χ2n) is 6.46. The summed E-state index contributed by atoms with van der Waals surface area (Å²) in [7, 11) is 0. The molecule has 0 spiro atoms. The Balaban J connectivity index is 1.98. The molecule has 0 aromatic heterocycles. The van der Waals surface area contributed by atoms with Gasteiger partial charge in [0, 0.05) is 6.42 Å². The van der Waals surface area contributed by atoms with Gasteiger partial charge in [-0.05, 0) is 19.4 Å². The molecule has 122 valence electrons.